The normalized spacial score (nSPS) is 21.2. The molecule has 1 aliphatic rings. The van der Waals surface area contributed by atoms with Gasteiger partial charge in [-0.25, -0.2) is 4.79 Å². The summed E-state index contributed by atoms with van der Waals surface area (Å²) < 4.78 is 0. The topological polar surface area (TPSA) is 73.5 Å². The van der Waals surface area contributed by atoms with E-state index in [0.29, 0.717) is 6.42 Å². The molecule has 0 aromatic heterocycles. The minimum atomic E-state index is -1.18. The zero-order valence-electron chi connectivity index (χ0n) is 6.84. The van der Waals surface area contributed by atoms with Crippen LogP contribution in [0.5, 0.6) is 0 Å². The molecule has 0 bridgehead atoms. The van der Waals surface area contributed by atoms with Crippen molar-refractivity contribution in [1.82, 2.24) is 0 Å². The van der Waals surface area contributed by atoms with E-state index in [2.05, 4.69) is 4.99 Å². The van der Waals surface area contributed by atoms with Crippen molar-refractivity contribution >= 4 is 12.2 Å². The largest absolute Gasteiger partial charge is 0.477 e. The second kappa shape index (κ2) is 4.21. The predicted molar refractivity (Wildman–Crippen MR) is 47.1 cm³/mol. The number of aliphatic carboxylic acids is 1. The lowest BCUT2D eigenvalue weighted by Gasteiger charge is -2.05. The van der Waals surface area contributed by atoms with Gasteiger partial charge in [0.2, 0.25) is 0 Å². The van der Waals surface area contributed by atoms with E-state index in [0.717, 1.165) is 0 Å². The monoisotopic (exact) mass is 176 g/mol. The highest BCUT2D eigenvalue weighted by Gasteiger charge is 2.09. The Labute approximate surface area is 75.5 Å². The lowest BCUT2D eigenvalue weighted by molar-refractivity contribution is -0.132. The summed E-state index contributed by atoms with van der Waals surface area (Å²) in [5.74, 6) is -1.21. The van der Waals surface area contributed by atoms with Crippen LogP contribution in [0.4, 0.5) is 0 Å². The maximum Gasteiger partial charge on any atom is 0.346 e. The van der Waals surface area contributed by atoms with Gasteiger partial charge in [0.1, 0.15) is 11.6 Å². The average molecular weight is 176 g/mol. The fraction of sp³-hybridized carbons (Fsp3) is 0.222. The third-order valence-corrected chi connectivity index (χ3v) is 1.63. The molecule has 1 N–H and O–H groups in total. The second-order valence-corrected chi connectivity index (χ2v) is 2.57. The van der Waals surface area contributed by atoms with Crippen molar-refractivity contribution in [3.8, 4) is 6.07 Å². The van der Waals surface area contributed by atoms with Gasteiger partial charge in [-0.15, -0.1) is 0 Å². The van der Waals surface area contributed by atoms with Crippen LogP contribution in [0, 0.1) is 17.2 Å². The summed E-state index contributed by atoms with van der Waals surface area (Å²) in [5, 5.41) is 17.0. The number of rotatable bonds is 2. The molecule has 0 saturated carbocycles. The quantitative estimate of drug-likeness (QED) is 0.506. The molecule has 0 radical (unpaired) electrons. The first-order valence-corrected chi connectivity index (χ1v) is 3.77. The van der Waals surface area contributed by atoms with Crippen LogP contribution in [-0.4, -0.2) is 17.3 Å². The molecule has 0 aromatic rings. The van der Waals surface area contributed by atoms with Crippen molar-refractivity contribution in [2.24, 2.45) is 10.9 Å². The first-order chi connectivity index (χ1) is 6.24. The van der Waals surface area contributed by atoms with Crippen molar-refractivity contribution in [2.45, 2.75) is 6.42 Å². The van der Waals surface area contributed by atoms with E-state index in [1.54, 1.807) is 24.6 Å². The summed E-state index contributed by atoms with van der Waals surface area (Å²) in [7, 11) is 0. The molecule has 4 nitrogen and oxygen atoms in total. The number of nitrogens with zero attached hydrogens (tertiary/aromatic N) is 2. The van der Waals surface area contributed by atoms with E-state index in [-0.39, 0.29) is 11.5 Å². The Morgan fingerprint density at radius 2 is 2.54 bits per heavy atom. The van der Waals surface area contributed by atoms with Crippen LogP contribution >= 0.6 is 0 Å². The molecule has 0 amide bonds. The molecule has 0 aliphatic carbocycles. The van der Waals surface area contributed by atoms with Gasteiger partial charge in [0, 0.05) is 18.3 Å². The van der Waals surface area contributed by atoms with Gasteiger partial charge >= 0.3 is 5.97 Å². The molecular weight excluding hydrogens is 168 g/mol. The van der Waals surface area contributed by atoms with Crippen LogP contribution in [-0.2, 0) is 4.79 Å². The van der Waals surface area contributed by atoms with Crippen LogP contribution in [0.15, 0.2) is 28.9 Å². The van der Waals surface area contributed by atoms with Crippen molar-refractivity contribution in [3.63, 3.8) is 0 Å². The minimum Gasteiger partial charge on any atom is -0.477 e. The molecule has 1 heterocycles. The molecule has 1 unspecified atom stereocenters. The molecule has 13 heavy (non-hydrogen) atoms. The highest BCUT2D eigenvalue weighted by molar-refractivity contribution is 5.91. The van der Waals surface area contributed by atoms with Crippen molar-refractivity contribution in [2.75, 3.05) is 0 Å². The fourth-order valence-electron chi connectivity index (χ4n) is 0.976. The van der Waals surface area contributed by atoms with Crippen LogP contribution < -0.4 is 0 Å². The molecule has 1 aliphatic heterocycles. The van der Waals surface area contributed by atoms with Crippen molar-refractivity contribution in [1.29, 1.82) is 5.26 Å². The number of carboxylic acid groups (broad SMARTS) is 1. The van der Waals surface area contributed by atoms with Gasteiger partial charge in [-0.1, -0.05) is 12.2 Å². The number of carboxylic acids is 1. The van der Waals surface area contributed by atoms with Crippen molar-refractivity contribution in [3.05, 3.63) is 23.9 Å². The average Bonchev–Trinajstić information content (AvgIpc) is 2.15. The molecule has 0 spiro atoms. The first kappa shape index (κ1) is 9.20. The summed E-state index contributed by atoms with van der Waals surface area (Å²) in [6.45, 7) is 0. The van der Waals surface area contributed by atoms with Gasteiger partial charge in [-0.3, -0.25) is 4.99 Å². The first-order valence-electron chi connectivity index (χ1n) is 3.77. The zero-order chi connectivity index (χ0) is 9.68. The van der Waals surface area contributed by atoms with Gasteiger partial charge < -0.3 is 5.11 Å². The third kappa shape index (κ3) is 2.56. The van der Waals surface area contributed by atoms with Crippen LogP contribution in [0.25, 0.3) is 0 Å². The number of hydrogen-bond donors (Lipinski definition) is 1. The lowest BCUT2D eigenvalue weighted by atomic mass is 10.0. The van der Waals surface area contributed by atoms with Gasteiger partial charge in [-0.05, 0) is 6.42 Å². The Morgan fingerprint density at radius 3 is 3.00 bits per heavy atom. The van der Waals surface area contributed by atoms with E-state index in [1.165, 1.54) is 6.08 Å². The highest BCUT2D eigenvalue weighted by atomic mass is 16.4. The Morgan fingerprint density at radius 1 is 1.77 bits per heavy atom. The fourth-order valence-corrected chi connectivity index (χ4v) is 0.976. The SMILES string of the molecule is N#CC(=CC1C=CN=CC1)C(=O)O. The molecule has 1 atom stereocenters. The Kier molecular flexibility index (Phi) is 2.98. The Hall–Kier alpha value is -1.89. The van der Waals surface area contributed by atoms with E-state index in [1.807, 2.05) is 0 Å². The Balaban J connectivity index is 2.75. The highest BCUT2D eigenvalue weighted by Crippen LogP contribution is 2.12. The van der Waals surface area contributed by atoms with E-state index < -0.39 is 5.97 Å². The maximum absolute atomic E-state index is 10.5. The zero-order valence-corrected chi connectivity index (χ0v) is 6.84. The standard InChI is InChI=1S/C9H8N2O2/c10-6-8(9(12)13)5-7-1-3-11-4-2-7/h1,3-5,7H,2H2,(H,12,13). The molecule has 0 aromatic carbocycles. The van der Waals surface area contributed by atoms with E-state index in [4.69, 9.17) is 10.4 Å². The number of aliphatic imine (C=N–C) groups is 1. The summed E-state index contributed by atoms with van der Waals surface area (Å²) >= 11 is 0. The Bertz CT molecular complexity index is 334. The number of carbonyl (C=O) groups is 1. The maximum atomic E-state index is 10.5. The van der Waals surface area contributed by atoms with Crippen LogP contribution in [0.3, 0.4) is 0 Å². The molecule has 1 rings (SSSR count). The predicted octanol–water partition coefficient (Wildman–Crippen LogP) is 1.13. The van der Waals surface area contributed by atoms with Crippen LogP contribution in [0.1, 0.15) is 6.42 Å². The molecular formula is C9H8N2O2. The minimum absolute atomic E-state index is 0.0248. The molecule has 0 fully saturated rings. The summed E-state index contributed by atoms with van der Waals surface area (Å²) in [5.41, 5.74) is -0.218. The summed E-state index contributed by atoms with van der Waals surface area (Å²) in [6, 6.07) is 1.63. The van der Waals surface area contributed by atoms with Crippen molar-refractivity contribution < 1.29 is 9.90 Å². The smallest absolute Gasteiger partial charge is 0.346 e. The summed E-state index contributed by atoms with van der Waals surface area (Å²) in [6.07, 6.45) is 7.14. The lowest BCUT2D eigenvalue weighted by Crippen LogP contribution is -2.03. The molecule has 66 valence electrons. The van der Waals surface area contributed by atoms with E-state index >= 15 is 0 Å². The van der Waals surface area contributed by atoms with Crippen LogP contribution in [0.2, 0.25) is 0 Å². The van der Waals surface area contributed by atoms with E-state index in [9.17, 15) is 4.79 Å². The number of allylic oxidation sites excluding steroid dienone is 2. The third-order valence-electron chi connectivity index (χ3n) is 1.63. The van der Waals surface area contributed by atoms with Gasteiger partial charge in [0.05, 0.1) is 0 Å². The van der Waals surface area contributed by atoms with Gasteiger partial charge in [0.25, 0.3) is 0 Å². The molecule has 4 heteroatoms. The molecule has 0 saturated heterocycles. The second-order valence-electron chi connectivity index (χ2n) is 2.57. The van der Waals surface area contributed by atoms with Gasteiger partial charge in [-0.2, -0.15) is 5.26 Å². The summed E-state index contributed by atoms with van der Waals surface area (Å²) in [4.78, 5) is 14.3. The van der Waals surface area contributed by atoms with Gasteiger partial charge in [0.15, 0.2) is 0 Å². The number of hydrogen-bond acceptors (Lipinski definition) is 3. The number of nitriles is 1.